The number of carbonyl (C=O) groups excluding carboxylic acids is 2. The highest BCUT2D eigenvalue weighted by Gasteiger charge is 2.31. The minimum absolute atomic E-state index is 0.0743. The summed E-state index contributed by atoms with van der Waals surface area (Å²) in [6, 6.07) is 7.61. The van der Waals surface area contributed by atoms with Crippen LogP contribution in [0.1, 0.15) is 36.8 Å². The molecular formula is C25H36N6O3. The van der Waals surface area contributed by atoms with Crippen molar-refractivity contribution in [2.45, 2.75) is 44.8 Å². The molecule has 1 aliphatic carbocycles. The molecule has 9 nitrogen and oxygen atoms in total. The van der Waals surface area contributed by atoms with Crippen molar-refractivity contribution in [3.8, 4) is 5.75 Å². The number of urea groups is 1. The van der Waals surface area contributed by atoms with Gasteiger partial charge in [0.05, 0.1) is 13.3 Å². The van der Waals surface area contributed by atoms with E-state index in [0.29, 0.717) is 6.54 Å². The maximum Gasteiger partial charge on any atom is 0.315 e. The van der Waals surface area contributed by atoms with Crippen LogP contribution in [0.25, 0.3) is 0 Å². The lowest BCUT2D eigenvalue weighted by Crippen LogP contribution is -2.51. The standard InChI is InChI=1S/C25H36N6O3/c1-29-17-20(16-27-29)18-30-11-13-31(14-12-30)24(32)21-5-7-22(8-6-21)28-25(33)26-15-19-3-9-23(34-2)10-4-19/h3-4,9-10,16-17,21-22H,5-8,11-15,18H2,1-2H3,(H2,26,28,33). The minimum atomic E-state index is -0.157. The van der Waals surface area contributed by atoms with Gasteiger partial charge < -0.3 is 20.3 Å². The number of hydrogen-bond donors (Lipinski definition) is 2. The zero-order valence-electron chi connectivity index (χ0n) is 20.2. The summed E-state index contributed by atoms with van der Waals surface area (Å²) in [6.07, 6.45) is 7.30. The van der Waals surface area contributed by atoms with Gasteiger partial charge in [0.2, 0.25) is 5.91 Å². The average Bonchev–Trinajstić information content (AvgIpc) is 3.28. The third-order valence-corrected chi connectivity index (χ3v) is 6.87. The Kier molecular flexibility index (Phi) is 8.05. The lowest BCUT2D eigenvalue weighted by molar-refractivity contribution is -0.138. The molecule has 1 aromatic carbocycles. The van der Waals surface area contributed by atoms with Gasteiger partial charge in [-0.2, -0.15) is 5.10 Å². The van der Waals surface area contributed by atoms with Crippen LogP contribution >= 0.6 is 0 Å². The highest BCUT2D eigenvalue weighted by atomic mass is 16.5. The number of methoxy groups -OCH3 is 1. The number of benzene rings is 1. The molecule has 4 rings (SSSR count). The van der Waals surface area contributed by atoms with Gasteiger partial charge in [0, 0.05) is 70.0 Å². The van der Waals surface area contributed by atoms with Crippen LogP contribution in [-0.4, -0.2) is 70.8 Å². The summed E-state index contributed by atoms with van der Waals surface area (Å²) in [5.41, 5.74) is 2.23. The lowest BCUT2D eigenvalue weighted by atomic mass is 9.85. The zero-order chi connectivity index (χ0) is 23.9. The predicted octanol–water partition coefficient (Wildman–Crippen LogP) is 2.13. The van der Waals surface area contributed by atoms with E-state index in [1.54, 1.807) is 7.11 Å². The van der Waals surface area contributed by atoms with Gasteiger partial charge in [-0.1, -0.05) is 12.1 Å². The molecule has 2 aromatic rings. The van der Waals surface area contributed by atoms with Gasteiger partial charge >= 0.3 is 6.03 Å². The number of rotatable bonds is 7. The van der Waals surface area contributed by atoms with Gasteiger partial charge in [-0.25, -0.2) is 4.79 Å². The second kappa shape index (κ2) is 11.4. The van der Waals surface area contributed by atoms with Gasteiger partial charge in [-0.15, -0.1) is 0 Å². The molecule has 184 valence electrons. The van der Waals surface area contributed by atoms with E-state index in [-0.39, 0.29) is 23.9 Å². The molecule has 0 atom stereocenters. The van der Waals surface area contributed by atoms with E-state index in [1.165, 1.54) is 5.56 Å². The van der Waals surface area contributed by atoms with Crippen LogP contribution in [0.4, 0.5) is 4.79 Å². The molecule has 2 fully saturated rings. The number of aryl methyl sites for hydroxylation is 1. The highest BCUT2D eigenvalue weighted by molar-refractivity contribution is 5.79. The molecule has 9 heteroatoms. The molecule has 1 saturated heterocycles. The summed E-state index contributed by atoms with van der Waals surface area (Å²) in [5, 5.41) is 10.2. The van der Waals surface area contributed by atoms with E-state index < -0.39 is 0 Å². The number of amides is 3. The first-order valence-electron chi connectivity index (χ1n) is 12.2. The van der Waals surface area contributed by atoms with Crippen molar-refractivity contribution < 1.29 is 14.3 Å². The Morgan fingerprint density at radius 3 is 2.35 bits per heavy atom. The van der Waals surface area contributed by atoms with Gasteiger partial charge in [-0.3, -0.25) is 14.4 Å². The van der Waals surface area contributed by atoms with Crippen molar-refractivity contribution >= 4 is 11.9 Å². The van der Waals surface area contributed by atoms with Crippen molar-refractivity contribution in [2.24, 2.45) is 13.0 Å². The third-order valence-electron chi connectivity index (χ3n) is 6.87. The molecule has 2 aliphatic rings. The third kappa shape index (κ3) is 6.50. The Hall–Kier alpha value is -3.07. The monoisotopic (exact) mass is 468 g/mol. The van der Waals surface area contributed by atoms with Crippen LogP contribution in [0, 0.1) is 5.92 Å². The molecule has 34 heavy (non-hydrogen) atoms. The fraction of sp³-hybridized carbons (Fsp3) is 0.560. The van der Waals surface area contributed by atoms with Crippen LogP contribution < -0.4 is 15.4 Å². The zero-order valence-corrected chi connectivity index (χ0v) is 20.2. The number of aromatic nitrogens is 2. The average molecular weight is 469 g/mol. The van der Waals surface area contributed by atoms with Gasteiger partial charge in [-0.05, 0) is 43.4 Å². The fourth-order valence-electron chi connectivity index (χ4n) is 4.84. The lowest BCUT2D eigenvalue weighted by Gasteiger charge is -2.37. The first kappa shape index (κ1) is 24.1. The molecule has 2 N–H and O–H groups in total. The van der Waals surface area contributed by atoms with Crippen LogP contribution in [0.2, 0.25) is 0 Å². The first-order valence-corrected chi connectivity index (χ1v) is 12.2. The topological polar surface area (TPSA) is 91.7 Å². The summed E-state index contributed by atoms with van der Waals surface area (Å²) < 4.78 is 6.98. The Bertz CT molecular complexity index is 944. The minimum Gasteiger partial charge on any atom is -0.497 e. The molecule has 3 amide bonds. The second-order valence-electron chi connectivity index (χ2n) is 9.35. The molecule has 0 radical (unpaired) electrons. The quantitative estimate of drug-likeness (QED) is 0.650. The number of piperazine rings is 1. The summed E-state index contributed by atoms with van der Waals surface area (Å²) in [5.74, 6) is 1.15. The SMILES string of the molecule is COc1ccc(CNC(=O)NC2CCC(C(=O)N3CCN(Cc4cnn(C)c4)CC3)CC2)cc1. The normalized spacial score (nSPS) is 21.2. The van der Waals surface area contributed by atoms with Crippen LogP contribution in [0.5, 0.6) is 5.75 Å². The molecule has 0 spiro atoms. The molecule has 2 heterocycles. The van der Waals surface area contributed by atoms with E-state index in [2.05, 4.69) is 20.6 Å². The number of nitrogens with zero attached hydrogens (tertiary/aromatic N) is 4. The van der Waals surface area contributed by atoms with E-state index in [0.717, 1.165) is 69.7 Å². The van der Waals surface area contributed by atoms with Crippen molar-refractivity contribution in [3.05, 3.63) is 47.8 Å². The van der Waals surface area contributed by atoms with E-state index >= 15 is 0 Å². The summed E-state index contributed by atoms with van der Waals surface area (Å²) in [6.45, 7) is 4.71. The molecular weight excluding hydrogens is 432 g/mol. The second-order valence-corrected chi connectivity index (χ2v) is 9.35. The molecule has 1 aromatic heterocycles. The Labute approximate surface area is 201 Å². The summed E-state index contributed by atoms with van der Waals surface area (Å²) in [4.78, 5) is 29.8. The highest BCUT2D eigenvalue weighted by Crippen LogP contribution is 2.26. The first-order chi connectivity index (χ1) is 16.5. The maximum absolute atomic E-state index is 13.0. The number of ether oxygens (including phenoxy) is 1. The molecule has 1 aliphatic heterocycles. The predicted molar refractivity (Wildman–Crippen MR) is 129 cm³/mol. The van der Waals surface area contributed by atoms with Crippen molar-refractivity contribution in [1.29, 1.82) is 0 Å². The molecule has 1 saturated carbocycles. The Morgan fingerprint density at radius 1 is 1.03 bits per heavy atom. The molecule has 0 bridgehead atoms. The van der Waals surface area contributed by atoms with Crippen molar-refractivity contribution in [2.75, 3.05) is 33.3 Å². The number of nitrogens with one attached hydrogen (secondary N) is 2. The Balaban J connectivity index is 1.13. The van der Waals surface area contributed by atoms with Crippen LogP contribution in [0.3, 0.4) is 0 Å². The smallest absolute Gasteiger partial charge is 0.315 e. The van der Waals surface area contributed by atoms with Crippen molar-refractivity contribution in [1.82, 2.24) is 30.2 Å². The van der Waals surface area contributed by atoms with Crippen LogP contribution in [0.15, 0.2) is 36.7 Å². The van der Waals surface area contributed by atoms with E-state index in [1.807, 2.05) is 53.3 Å². The van der Waals surface area contributed by atoms with Crippen LogP contribution in [-0.2, 0) is 24.9 Å². The Morgan fingerprint density at radius 2 is 1.74 bits per heavy atom. The fourth-order valence-corrected chi connectivity index (χ4v) is 4.84. The van der Waals surface area contributed by atoms with Gasteiger partial charge in [0.15, 0.2) is 0 Å². The maximum atomic E-state index is 13.0. The summed E-state index contributed by atoms with van der Waals surface area (Å²) in [7, 11) is 3.56. The van der Waals surface area contributed by atoms with E-state index in [4.69, 9.17) is 4.74 Å². The van der Waals surface area contributed by atoms with Gasteiger partial charge in [0.25, 0.3) is 0 Å². The number of hydrogen-bond acceptors (Lipinski definition) is 5. The summed E-state index contributed by atoms with van der Waals surface area (Å²) >= 11 is 0. The van der Waals surface area contributed by atoms with Gasteiger partial charge in [0.1, 0.15) is 5.75 Å². The largest absolute Gasteiger partial charge is 0.497 e. The number of carbonyl (C=O) groups is 2. The van der Waals surface area contributed by atoms with Crippen molar-refractivity contribution in [3.63, 3.8) is 0 Å². The van der Waals surface area contributed by atoms with E-state index in [9.17, 15) is 9.59 Å². The molecule has 0 unspecified atom stereocenters.